The van der Waals surface area contributed by atoms with Gasteiger partial charge in [-0.3, -0.25) is 4.79 Å². The minimum absolute atomic E-state index is 0.00863. The number of methoxy groups -OCH3 is 1. The molecule has 2 atom stereocenters. The van der Waals surface area contributed by atoms with Gasteiger partial charge in [-0.1, -0.05) is 20.8 Å². The molecule has 1 N–H and O–H groups in total. The Morgan fingerprint density at radius 3 is 2.29 bits per heavy atom. The smallest absolute Gasteiger partial charge is 0.328 e. The van der Waals surface area contributed by atoms with Crippen LogP contribution in [0, 0.1) is 17.8 Å². The van der Waals surface area contributed by atoms with Crippen LogP contribution in [0.4, 0.5) is 0 Å². The first kappa shape index (κ1) is 14.0. The van der Waals surface area contributed by atoms with Crippen molar-refractivity contribution in [3.63, 3.8) is 0 Å². The lowest BCUT2D eigenvalue weighted by molar-refractivity contribution is -0.146. The molecule has 1 aliphatic carbocycles. The highest BCUT2D eigenvalue weighted by atomic mass is 16.5. The van der Waals surface area contributed by atoms with Crippen LogP contribution >= 0.6 is 0 Å². The van der Waals surface area contributed by atoms with Gasteiger partial charge >= 0.3 is 5.97 Å². The maximum Gasteiger partial charge on any atom is 0.328 e. The average molecular weight is 241 g/mol. The summed E-state index contributed by atoms with van der Waals surface area (Å²) in [6, 6.07) is -0.506. The SMILES string of the molecule is COC(=O)C(CC(C)C)NC(=O)C(C)C1CC1. The summed E-state index contributed by atoms with van der Waals surface area (Å²) in [7, 11) is 1.35. The molecule has 4 heteroatoms. The quantitative estimate of drug-likeness (QED) is 0.721. The van der Waals surface area contributed by atoms with Crippen molar-refractivity contribution in [2.24, 2.45) is 17.8 Å². The van der Waals surface area contributed by atoms with Gasteiger partial charge in [0.15, 0.2) is 0 Å². The van der Waals surface area contributed by atoms with Crippen LogP contribution in [0.2, 0.25) is 0 Å². The summed E-state index contributed by atoms with van der Waals surface area (Å²) in [6.07, 6.45) is 2.87. The molecule has 4 nitrogen and oxygen atoms in total. The van der Waals surface area contributed by atoms with Crippen LogP contribution in [-0.2, 0) is 14.3 Å². The van der Waals surface area contributed by atoms with Crippen LogP contribution in [-0.4, -0.2) is 25.0 Å². The van der Waals surface area contributed by atoms with E-state index in [0.717, 1.165) is 12.8 Å². The van der Waals surface area contributed by atoms with Gasteiger partial charge in [-0.15, -0.1) is 0 Å². The van der Waals surface area contributed by atoms with Gasteiger partial charge in [-0.2, -0.15) is 0 Å². The fourth-order valence-electron chi connectivity index (χ4n) is 1.94. The largest absolute Gasteiger partial charge is 0.467 e. The molecule has 0 radical (unpaired) electrons. The van der Waals surface area contributed by atoms with Crippen molar-refractivity contribution in [1.29, 1.82) is 0 Å². The fraction of sp³-hybridized carbons (Fsp3) is 0.846. The molecule has 0 aromatic rings. The van der Waals surface area contributed by atoms with E-state index in [2.05, 4.69) is 5.32 Å². The minimum Gasteiger partial charge on any atom is -0.467 e. The zero-order chi connectivity index (χ0) is 13.0. The summed E-state index contributed by atoms with van der Waals surface area (Å²) in [5, 5.41) is 2.81. The lowest BCUT2D eigenvalue weighted by atomic mass is 10.0. The Hall–Kier alpha value is -1.06. The summed E-state index contributed by atoms with van der Waals surface area (Å²) in [4.78, 5) is 23.5. The first-order valence-corrected chi connectivity index (χ1v) is 6.34. The third-order valence-electron chi connectivity index (χ3n) is 3.25. The highest BCUT2D eigenvalue weighted by Gasteiger charge is 2.34. The van der Waals surface area contributed by atoms with Crippen molar-refractivity contribution in [3.8, 4) is 0 Å². The minimum atomic E-state index is -0.506. The Kier molecular flexibility index (Phi) is 4.97. The molecule has 0 bridgehead atoms. The Balaban J connectivity index is 2.51. The second-order valence-electron chi connectivity index (χ2n) is 5.34. The molecule has 1 aliphatic rings. The number of rotatable bonds is 6. The highest BCUT2D eigenvalue weighted by Crippen LogP contribution is 2.36. The molecule has 0 aromatic heterocycles. The molecule has 0 aliphatic heterocycles. The molecule has 0 saturated heterocycles. The summed E-state index contributed by atoms with van der Waals surface area (Å²) in [6.45, 7) is 5.97. The van der Waals surface area contributed by atoms with E-state index in [0.29, 0.717) is 18.3 Å². The maximum absolute atomic E-state index is 11.9. The molecule has 1 fully saturated rings. The van der Waals surface area contributed by atoms with Gasteiger partial charge in [-0.05, 0) is 31.1 Å². The lowest BCUT2D eigenvalue weighted by Crippen LogP contribution is -2.44. The van der Waals surface area contributed by atoms with Gasteiger partial charge in [0, 0.05) is 5.92 Å². The lowest BCUT2D eigenvalue weighted by Gasteiger charge is -2.20. The number of hydrogen-bond acceptors (Lipinski definition) is 3. The van der Waals surface area contributed by atoms with Crippen LogP contribution in [0.25, 0.3) is 0 Å². The molecular weight excluding hydrogens is 218 g/mol. The van der Waals surface area contributed by atoms with E-state index >= 15 is 0 Å². The molecule has 0 aromatic carbocycles. The molecule has 98 valence electrons. The second kappa shape index (κ2) is 6.03. The van der Waals surface area contributed by atoms with E-state index in [9.17, 15) is 9.59 Å². The van der Waals surface area contributed by atoms with Crippen molar-refractivity contribution >= 4 is 11.9 Å². The Bertz CT molecular complexity index is 284. The number of esters is 1. The van der Waals surface area contributed by atoms with Crippen LogP contribution in [0.5, 0.6) is 0 Å². The first-order valence-electron chi connectivity index (χ1n) is 6.34. The van der Waals surface area contributed by atoms with E-state index < -0.39 is 6.04 Å². The van der Waals surface area contributed by atoms with Crippen LogP contribution in [0.3, 0.4) is 0 Å². The number of ether oxygens (including phenoxy) is 1. The zero-order valence-corrected chi connectivity index (χ0v) is 11.2. The van der Waals surface area contributed by atoms with Gasteiger partial charge in [0.05, 0.1) is 7.11 Å². The number of amides is 1. The van der Waals surface area contributed by atoms with E-state index in [1.807, 2.05) is 20.8 Å². The van der Waals surface area contributed by atoms with Crippen LogP contribution in [0.1, 0.15) is 40.0 Å². The molecule has 0 heterocycles. The van der Waals surface area contributed by atoms with Crippen LogP contribution in [0.15, 0.2) is 0 Å². The summed E-state index contributed by atoms with van der Waals surface area (Å²) < 4.78 is 4.72. The Labute approximate surface area is 103 Å². The van der Waals surface area contributed by atoms with Crippen molar-refractivity contribution < 1.29 is 14.3 Å². The molecule has 1 saturated carbocycles. The van der Waals surface area contributed by atoms with Crippen molar-refractivity contribution in [2.75, 3.05) is 7.11 Å². The van der Waals surface area contributed by atoms with Gasteiger partial charge in [0.25, 0.3) is 0 Å². The van der Waals surface area contributed by atoms with Crippen molar-refractivity contribution in [3.05, 3.63) is 0 Å². The summed E-state index contributed by atoms with van der Waals surface area (Å²) >= 11 is 0. The second-order valence-corrected chi connectivity index (χ2v) is 5.34. The average Bonchev–Trinajstić information content (AvgIpc) is 3.09. The predicted molar refractivity (Wildman–Crippen MR) is 65.3 cm³/mol. The van der Waals surface area contributed by atoms with E-state index in [4.69, 9.17) is 4.74 Å². The van der Waals surface area contributed by atoms with E-state index in [1.165, 1.54) is 7.11 Å². The third-order valence-corrected chi connectivity index (χ3v) is 3.25. The molecule has 2 unspecified atom stereocenters. The number of carbonyl (C=O) groups excluding carboxylic acids is 2. The zero-order valence-electron chi connectivity index (χ0n) is 11.2. The molecule has 1 rings (SSSR count). The Morgan fingerprint density at radius 2 is 1.88 bits per heavy atom. The fourth-order valence-corrected chi connectivity index (χ4v) is 1.94. The molecular formula is C13H23NO3. The predicted octanol–water partition coefficient (Wildman–Crippen LogP) is 1.74. The molecule has 1 amide bonds. The molecule has 17 heavy (non-hydrogen) atoms. The van der Waals surface area contributed by atoms with E-state index in [-0.39, 0.29) is 17.8 Å². The van der Waals surface area contributed by atoms with Gasteiger partial charge < -0.3 is 10.1 Å². The maximum atomic E-state index is 11.9. The van der Waals surface area contributed by atoms with Gasteiger partial charge in [0.1, 0.15) is 6.04 Å². The van der Waals surface area contributed by atoms with E-state index in [1.54, 1.807) is 0 Å². The van der Waals surface area contributed by atoms with Gasteiger partial charge in [-0.25, -0.2) is 4.79 Å². The normalized spacial score (nSPS) is 18.6. The monoisotopic (exact) mass is 241 g/mol. The molecule has 0 spiro atoms. The number of nitrogens with one attached hydrogen (secondary N) is 1. The van der Waals surface area contributed by atoms with Crippen molar-refractivity contribution in [1.82, 2.24) is 5.32 Å². The third kappa shape index (κ3) is 4.36. The summed E-state index contributed by atoms with van der Waals surface area (Å²) in [5.41, 5.74) is 0. The van der Waals surface area contributed by atoms with Crippen molar-refractivity contribution in [2.45, 2.75) is 46.1 Å². The van der Waals surface area contributed by atoms with Crippen LogP contribution < -0.4 is 5.32 Å². The number of carbonyl (C=O) groups is 2. The summed E-state index contributed by atoms with van der Waals surface area (Å²) in [5.74, 6) is 0.482. The Morgan fingerprint density at radius 1 is 1.29 bits per heavy atom. The first-order chi connectivity index (χ1) is 7.95. The standard InChI is InChI=1S/C13H23NO3/c1-8(2)7-11(13(16)17-4)14-12(15)9(3)10-5-6-10/h8-11H,5-7H2,1-4H3,(H,14,15). The van der Waals surface area contributed by atoms with Gasteiger partial charge in [0.2, 0.25) is 5.91 Å². The number of hydrogen-bond donors (Lipinski definition) is 1. The highest BCUT2D eigenvalue weighted by molar-refractivity contribution is 5.85. The topological polar surface area (TPSA) is 55.4 Å².